The summed E-state index contributed by atoms with van der Waals surface area (Å²) in [6.07, 6.45) is 0.405. The topological polar surface area (TPSA) is 46.3 Å². The number of hydrogen-bond donors (Lipinski definition) is 1. The minimum Gasteiger partial charge on any atom is -0.362 e. The van der Waals surface area contributed by atoms with Gasteiger partial charge in [-0.3, -0.25) is 4.79 Å². The number of carbonyl (C=O) groups is 1. The number of fused-ring (bicyclic) bond motifs is 1. The molecule has 0 bridgehead atoms. The maximum atomic E-state index is 12.6. The van der Waals surface area contributed by atoms with Crippen molar-refractivity contribution in [2.75, 3.05) is 11.9 Å². The molecule has 0 amide bonds. The van der Waals surface area contributed by atoms with Gasteiger partial charge in [-0.2, -0.15) is 0 Å². The summed E-state index contributed by atoms with van der Waals surface area (Å²) in [6, 6.07) is 17.7. The third kappa shape index (κ3) is 1.96. The van der Waals surface area contributed by atoms with Crippen molar-refractivity contribution >= 4 is 11.5 Å². The van der Waals surface area contributed by atoms with Crippen LogP contribution < -0.4 is 10.6 Å². The summed E-state index contributed by atoms with van der Waals surface area (Å²) in [7, 11) is 2.03. The first kappa shape index (κ1) is 13.8. The van der Waals surface area contributed by atoms with Crippen LogP contribution in [0.25, 0.3) is 0 Å². The fourth-order valence-corrected chi connectivity index (χ4v) is 3.43. The molecule has 2 unspecified atom stereocenters. The maximum absolute atomic E-state index is 12.6. The van der Waals surface area contributed by atoms with Gasteiger partial charge in [0.15, 0.2) is 5.78 Å². The molecule has 1 aliphatic rings. The van der Waals surface area contributed by atoms with Crippen LogP contribution in [0.3, 0.4) is 0 Å². The predicted molar refractivity (Wildman–Crippen MR) is 85.6 cm³/mol. The number of nitrogens with two attached hydrogens (primary N) is 1. The second-order valence-corrected chi connectivity index (χ2v) is 5.76. The zero-order chi connectivity index (χ0) is 15.0. The highest BCUT2D eigenvalue weighted by Crippen LogP contribution is 2.43. The Morgan fingerprint density at radius 2 is 1.71 bits per heavy atom. The van der Waals surface area contributed by atoms with Crippen molar-refractivity contribution in [2.45, 2.75) is 24.9 Å². The molecule has 3 nitrogen and oxygen atoms in total. The van der Waals surface area contributed by atoms with Gasteiger partial charge in [0.2, 0.25) is 0 Å². The summed E-state index contributed by atoms with van der Waals surface area (Å²) >= 11 is 0. The summed E-state index contributed by atoms with van der Waals surface area (Å²) in [5.74, 6) is 0.157. The smallest absolute Gasteiger partial charge is 0.167 e. The molecule has 21 heavy (non-hydrogen) atoms. The van der Waals surface area contributed by atoms with Crippen molar-refractivity contribution in [3.8, 4) is 0 Å². The van der Waals surface area contributed by atoms with Gasteiger partial charge in [-0.25, -0.2) is 0 Å². The van der Waals surface area contributed by atoms with E-state index in [1.807, 2.05) is 56.4 Å². The van der Waals surface area contributed by atoms with Crippen molar-refractivity contribution in [2.24, 2.45) is 5.73 Å². The Morgan fingerprint density at radius 3 is 2.38 bits per heavy atom. The Kier molecular flexibility index (Phi) is 3.30. The van der Waals surface area contributed by atoms with Crippen LogP contribution in [-0.4, -0.2) is 18.9 Å². The fourth-order valence-electron chi connectivity index (χ4n) is 3.43. The lowest BCUT2D eigenvalue weighted by molar-refractivity contribution is 0.0926. The number of carbonyl (C=O) groups excluding carboxylic acids is 1. The summed E-state index contributed by atoms with van der Waals surface area (Å²) in [6.45, 7) is 1.98. The Labute approximate surface area is 125 Å². The molecule has 2 atom stereocenters. The summed E-state index contributed by atoms with van der Waals surface area (Å²) in [5, 5.41) is 0. The largest absolute Gasteiger partial charge is 0.362 e. The third-order valence-electron chi connectivity index (χ3n) is 4.62. The van der Waals surface area contributed by atoms with Gasteiger partial charge in [0.05, 0.1) is 5.54 Å². The Bertz CT molecular complexity index is 666. The van der Waals surface area contributed by atoms with Crippen LogP contribution in [0.2, 0.25) is 0 Å². The summed E-state index contributed by atoms with van der Waals surface area (Å²) < 4.78 is 0. The lowest BCUT2D eigenvalue weighted by Gasteiger charge is -2.49. The van der Waals surface area contributed by atoms with Gasteiger partial charge in [0.25, 0.3) is 0 Å². The van der Waals surface area contributed by atoms with E-state index in [0.29, 0.717) is 6.42 Å². The Hall–Kier alpha value is -2.13. The Balaban J connectivity index is 2.22. The highest BCUT2D eigenvalue weighted by atomic mass is 16.1. The molecule has 2 aromatic rings. The van der Waals surface area contributed by atoms with E-state index in [9.17, 15) is 4.79 Å². The minimum absolute atomic E-state index is 0.157. The summed E-state index contributed by atoms with van der Waals surface area (Å²) in [5.41, 5.74) is 8.68. The van der Waals surface area contributed by atoms with Crippen molar-refractivity contribution in [1.29, 1.82) is 0 Å². The molecule has 0 saturated heterocycles. The molecular weight excluding hydrogens is 260 g/mol. The van der Waals surface area contributed by atoms with Gasteiger partial charge in [-0.05, 0) is 24.6 Å². The van der Waals surface area contributed by atoms with E-state index in [4.69, 9.17) is 5.73 Å². The van der Waals surface area contributed by atoms with Crippen molar-refractivity contribution in [3.63, 3.8) is 0 Å². The Morgan fingerprint density at radius 1 is 1.10 bits per heavy atom. The molecule has 0 radical (unpaired) electrons. The van der Waals surface area contributed by atoms with Gasteiger partial charge >= 0.3 is 0 Å². The van der Waals surface area contributed by atoms with Gasteiger partial charge in [0.1, 0.15) is 0 Å². The van der Waals surface area contributed by atoms with Gasteiger partial charge in [-0.1, -0.05) is 42.5 Å². The molecule has 3 heteroatoms. The maximum Gasteiger partial charge on any atom is 0.167 e. The van der Waals surface area contributed by atoms with Gasteiger partial charge < -0.3 is 10.6 Å². The van der Waals surface area contributed by atoms with Crippen LogP contribution >= 0.6 is 0 Å². The van der Waals surface area contributed by atoms with Crippen LogP contribution in [0.5, 0.6) is 0 Å². The zero-order valence-electron chi connectivity index (χ0n) is 12.4. The van der Waals surface area contributed by atoms with Crippen LogP contribution in [0, 0.1) is 0 Å². The number of para-hydroxylation sites is 1. The molecule has 3 rings (SSSR count). The minimum atomic E-state index is -0.493. The molecule has 1 heterocycles. The van der Waals surface area contributed by atoms with Crippen LogP contribution in [0.15, 0.2) is 54.6 Å². The highest BCUT2D eigenvalue weighted by molar-refractivity contribution is 6.04. The lowest BCUT2D eigenvalue weighted by atomic mass is 9.74. The first-order chi connectivity index (χ1) is 10.1. The fraction of sp³-hybridized carbons (Fsp3) is 0.278. The van der Waals surface area contributed by atoms with E-state index >= 15 is 0 Å². The van der Waals surface area contributed by atoms with E-state index in [1.165, 1.54) is 0 Å². The van der Waals surface area contributed by atoms with Crippen LogP contribution in [-0.2, 0) is 5.54 Å². The number of likely N-dealkylation sites (N-methyl/N-ethyl adjacent to an activating group) is 1. The zero-order valence-corrected chi connectivity index (χ0v) is 12.4. The van der Waals surface area contributed by atoms with E-state index in [0.717, 1.165) is 16.8 Å². The predicted octanol–water partition coefficient (Wildman–Crippen LogP) is 2.95. The molecule has 0 aromatic heterocycles. The van der Waals surface area contributed by atoms with E-state index in [-0.39, 0.29) is 11.8 Å². The van der Waals surface area contributed by atoms with Gasteiger partial charge in [0, 0.05) is 30.8 Å². The second kappa shape index (κ2) is 5.01. The van der Waals surface area contributed by atoms with Crippen molar-refractivity contribution in [1.82, 2.24) is 0 Å². The van der Waals surface area contributed by atoms with Crippen LogP contribution in [0.1, 0.15) is 29.3 Å². The molecule has 1 aliphatic heterocycles. The van der Waals surface area contributed by atoms with E-state index in [2.05, 4.69) is 17.0 Å². The number of hydrogen-bond acceptors (Lipinski definition) is 3. The van der Waals surface area contributed by atoms with E-state index < -0.39 is 5.54 Å². The first-order valence-electron chi connectivity index (χ1n) is 7.24. The summed E-state index contributed by atoms with van der Waals surface area (Å²) in [4.78, 5) is 14.8. The second-order valence-electron chi connectivity index (χ2n) is 5.76. The molecule has 2 N–H and O–H groups in total. The van der Waals surface area contributed by atoms with Crippen molar-refractivity contribution < 1.29 is 4.79 Å². The molecule has 2 aromatic carbocycles. The van der Waals surface area contributed by atoms with Crippen LogP contribution in [0.4, 0.5) is 5.69 Å². The van der Waals surface area contributed by atoms with E-state index in [1.54, 1.807) is 0 Å². The number of nitrogens with zero attached hydrogens (tertiary/aromatic N) is 1. The average molecular weight is 280 g/mol. The number of rotatable bonds is 2. The molecule has 108 valence electrons. The SMILES string of the molecule is CC(N)C1(c2ccccc2)CC(=O)c2ccccc2N1C. The highest BCUT2D eigenvalue weighted by Gasteiger charge is 2.46. The lowest BCUT2D eigenvalue weighted by Crippen LogP contribution is -2.58. The molecule has 0 spiro atoms. The molecule has 0 fully saturated rings. The normalized spacial score (nSPS) is 22.8. The monoisotopic (exact) mass is 280 g/mol. The quantitative estimate of drug-likeness (QED) is 0.920. The standard InChI is InChI=1S/C18H20N2O/c1-13(19)18(14-8-4-3-5-9-14)12-17(21)15-10-6-7-11-16(15)20(18)2/h3-11,13H,12,19H2,1-2H3. The number of Topliss-reactive ketones (excluding diaryl/α,β-unsaturated/α-hetero) is 1. The molecular formula is C18H20N2O. The first-order valence-corrected chi connectivity index (χ1v) is 7.24. The number of ketones is 1. The average Bonchev–Trinajstić information content (AvgIpc) is 2.51. The van der Waals surface area contributed by atoms with Crippen molar-refractivity contribution in [3.05, 3.63) is 65.7 Å². The molecule has 0 saturated carbocycles. The number of benzene rings is 2. The molecule has 0 aliphatic carbocycles. The third-order valence-corrected chi connectivity index (χ3v) is 4.62. The van der Waals surface area contributed by atoms with Gasteiger partial charge in [-0.15, -0.1) is 0 Å². The number of anilines is 1.